The van der Waals surface area contributed by atoms with E-state index >= 15 is 0 Å². The Morgan fingerprint density at radius 1 is 1.75 bits per heavy atom. The van der Waals surface area contributed by atoms with Crippen LogP contribution in [0.15, 0.2) is 5.10 Å². The highest BCUT2D eigenvalue weighted by Gasteiger charge is 1.95. The topological polar surface area (TPSA) is 93.7 Å². The van der Waals surface area contributed by atoms with Crippen molar-refractivity contribution in [3.05, 3.63) is 0 Å². The Morgan fingerprint density at radius 2 is 2.25 bits per heavy atom. The molecule has 0 radical (unpaired) electrons. The largest absolute Gasteiger partial charge is 0.322 e. The minimum Gasteiger partial charge on any atom is -0.322 e. The maximum absolute atomic E-state index is 5.34. The van der Waals surface area contributed by atoms with Crippen molar-refractivity contribution in [2.75, 3.05) is 6.66 Å². The molecule has 0 aliphatic rings. The van der Waals surface area contributed by atoms with Gasteiger partial charge in [0.15, 0.2) is 0 Å². The first-order valence-corrected chi connectivity index (χ1v) is 3.75. The third-order valence-electron chi connectivity index (χ3n) is 0.549. The smallest absolute Gasteiger partial charge is 0.129 e. The second-order valence-corrected chi connectivity index (χ2v) is 2.83. The maximum atomic E-state index is 5.34. The molecule has 0 spiro atoms. The van der Waals surface area contributed by atoms with Crippen molar-refractivity contribution in [1.82, 2.24) is 4.78 Å². The first kappa shape index (κ1) is 7.62. The Kier molecular flexibility index (Phi) is 3.43. The van der Waals surface area contributed by atoms with Crippen molar-refractivity contribution in [3.8, 4) is 0 Å². The molecule has 6 heteroatoms. The summed E-state index contributed by atoms with van der Waals surface area (Å²) in [4.78, 5) is 0. The Labute approximate surface area is 49.3 Å². The molecule has 0 heterocycles. The van der Waals surface area contributed by atoms with Crippen molar-refractivity contribution < 1.29 is 0 Å². The lowest BCUT2D eigenvalue weighted by Gasteiger charge is -2.14. The van der Waals surface area contributed by atoms with Crippen molar-refractivity contribution in [2.45, 2.75) is 0 Å². The summed E-state index contributed by atoms with van der Waals surface area (Å²) in [5, 5.41) is 3.17. The van der Waals surface area contributed by atoms with Gasteiger partial charge in [-0.05, 0) is 6.66 Å². The van der Waals surface area contributed by atoms with Gasteiger partial charge in [0.1, 0.15) is 6.34 Å². The highest BCUT2D eigenvalue weighted by molar-refractivity contribution is 7.52. The molecule has 0 aliphatic heterocycles. The van der Waals surface area contributed by atoms with Crippen molar-refractivity contribution in [1.29, 1.82) is 0 Å². The number of nitrogens with zero attached hydrogens (tertiary/aromatic N) is 2. The fourth-order valence-corrected chi connectivity index (χ4v) is 0.372. The van der Waals surface area contributed by atoms with E-state index in [4.69, 9.17) is 17.2 Å². The molecule has 48 valence electrons. The van der Waals surface area contributed by atoms with Crippen LogP contribution in [-0.4, -0.2) is 17.8 Å². The third kappa shape index (κ3) is 2.74. The number of hydrogen-bond acceptors (Lipinski definition) is 4. The van der Waals surface area contributed by atoms with Crippen LogP contribution in [0.1, 0.15) is 0 Å². The van der Waals surface area contributed by atoms with Crippen LogP contribution in [0.3, 0.4) is 0 Å². The lowest BCUT2D eigenvalue weighted by molar-refractivity contribution is 0.727. The van der Waals surface area contributed by atoms with E-state index in [2.05, 4.69) is 5.10 Å². The average Bonchev–Trinajstić information content (AvgIpc) is 1.67. The molecule has 0 saturated carbocycles. The lowest BCUT2D eigenvalue weighted by Crippen LogP contribution is -2.26. The molecule has 0 rings (SSSR count). The van der Waals surface area contributed by atoms with Crippen LogP contribution in [0.4, 0.5) is 0 Å². The van der Waals surface area contributed by atoms with Crippen LogP contribution >= 0.6 is 8.22 Å². The number of hydrogen-bond donors (Lipinski definition) is 3. The fourth-order valence-electron chi connectivity index (χ4n) is 0.150. The molecular formula is C2H10N5P. The van der Waals surface area contributed by atoms with Crippen molar-refractivity contribution in [2.24, 2.45) is 22.3 Å². The third-order valence-corrected chi connectivity index (χ3v) is 1.38. The fraction of sp³-hybridized carbons (Fsp3) is 0.500. The van der Waals surface area contributed by atoms with E-state index in [0.717, 1.165) is 0 Å². The van der Waals surface area contributed by atoms with Gasteiger partial charge in [-0.3, -0.25) is 10.3 Å². The Hall–Kier alpha value is -0.380. The molecule has 6 N–H and O–H groups in total. The highest BCUT2D eigenvalue weighted by Crippen LogP contribution is 2.18. The Bertz CT molecular complexity index is 80.5. The zero-order valence-electron chi connectivity index (χ0n) is 4.65. The summed E-state index contributed by atoms with van der Waals surface area (Å²) in [6, 6.07) is 0. The second kappa shape index (κ2) is 3.60. The van der Waals surface area contributed by atoms with Gasteiger partial charge in [-0.25, -0.2) is 5.84 Å². The molecule has 1 atom stereocenters. The van der Waals surface area contributed by atoms with E-state index < -0.39 is 8.22 Å². The molecule has 0 amide bonds. The summed E-state index contributed by atoms with van der Waals surface area (Å²) in [6.45, 7) is 1.79. The number of nitrogens with two attached hydrogens (primary N) is 3. The normalized spacial score (nSPS) is 14.4. The molecule has 0 fully saturated rings. The lowest BCUT2D eigenvalue weighted by atomic mass is 11.3. The molecule has 0 aromatic heterocycles. The predicted octanol–water partition coefficient (Wildman–Crippen LogP) is -1.04. The second-order valence-electron chi connectivity index (χ2n) is 1.22. The average molecular weight is 135 g/mol. The van der Waals surface area contributed by atoms with E-state index in [9.17, 15) is 0 Å². The van der Waals surface area contributed by atoms with E-state index in [-0.39, 0.29) is 0 Å². The summed E-state index contributed by atoms with van der Waals surface area (Å²) in [6.07, 6.45) is 1.28. The summed E-state index contributed by atoms with van der Waals surface area (Å²) in [5.41, 5.74) is 5.34. The quantitative estimate of drug-likeness (QED) is 0.148. The number of hydrazone groups is 1. The molecule has 0 aliphatic carbocycles. The van der Waals surface area contributed by atoms with E-state index in [1.165, 1.54) is 11.1 Å². The van der Waals surface area contributed by atoms with E-state index in [1.807, 2.05) is 0 Å². The van der Waals surface area contributed by atoms with Crippen LogP contribution in [0.5, 0.6) is 0 Å². The molecule has 0 bridgehead atoms. The predicted molar refractivity (Wildman–Crippen MR) is 35.7 cm³/mol. The van der Waals surface area contributed by atoms with Crippen LogP contribution in [0, 0.1) is 0 Å². The van der Waals surface area contributed by atoms with Crippen LogP contribution in [0.25, 0.3) is 0 Å². The number of rotatable bonds is 2. The first-order chi connectivity index (χ1) is 3.68. The summed E-state index contributed by atoms with van der Waals surface area (Å²) >= 11 is 0. The van der Waals surface area contributed by atoms with Crippen molar-refractivity contribution >= 4 is 14.6 Å². The van der Waals surface area contributed by atoms with Gasteiger partial charge in [0.25, 0.3) is 0 Å². The van der Waals surface area contributed by atoms with Gasteiger partial charge in [0, 0.05) is 0 Å². The van der Waals surface area contributed by atoms with Crippen LogP contribution in [0.2, 0.25) is 0 Å². The first-order valence-electron chi connectivity index (χ1n) is 1.94. The zero-order valence-corrected chi connectivity index (χ0v) is 5.55. The maximum Gasteiger partial charge on any atom is 0.129 e. The van der Waals surface area contributed by atoms with Gasteiger partial charge >= 0.3 is 0 Å². The van der Waals surface area contributed by atoms with Gasteiger partial charge < -0.3 is 5.84 Å². The Morgan fingerprint density at radius 3 is 2.38 bits per heavy atom. The summed E-state index contributed by atoms with van der Waals surface area (Å²) < 4.78 is 1.27. The molecule has 8 heavy (non-hydrogen) atoms. The van der Waals surface area contributed by atoms with Gasteiger partial charge in [-0.15, -0.1) is 0 Å². The van der Waals surface area contributed by atoms with E-state index in [1.54, 1.807) is 6.66 Å². The standard InChI is InChI=1S/C2H10N5P/c1-8(5)7(4)2-6-3/h2H,3-5H2,1H3. The number of hydrazine groups is 1. The monoisotopic (exact) mass is 135 g/mol. The highest BCUT2D eigenvalue weighted by atomic mass is 31.1. The molecular weight excluding hydrogens is 125 g/mol. The molecule has 0 aromatic rings. The van der Waals surface area contributed by atoms with Gasteiger partial charge in [-0.2, -0.15) is 5.10 Å². The van der Waals surface area contributed by atoms with Gasteiger partial charge in [-0.1, -0.05) is 0 Å². The summed E-state index contributed by atoms with van der Waals surface area (Å²) in [7, 11) is -0.786. The van der Waals surface area contributed by atoms with Gasteiger partial charge in [0.2, 0.25) is 0 Å². The zero-order chi connectivity index (χ0) is 6.57. The Balaban J connectivity index is 3.47. The van der Waals surface area contributed by atoms with Gasteiger partial charge in [0.05, 0.1) is 8.22 Å². The van der Waals surface area contributed by atoms with Crippen LogP contribution < -0.4 is 17.2 Å². The molecule has 0 aromatic carbocycles. The molecule has 0 saturated heterocycles. The molecule has 5 nitrogen and oxygen atoms in total. The summed E-state index contributed by atoms with van der Waals surface area (Å²) in [5.74, 6) is 10.0. The SMILES string of the molecule is CP(N)N(N)C=NN. The van der Waals surface area contributed by atoms with Crippen molar-refractivity contribution in [3.63, 3.8) is 0 Å². The molecule has 1 unspecified atom stereocenters. The minimum atomic E-state index is -0.786. The minimum absolute atomic E-state index is 0.786. The van der Waals surface area contributed by atoms with Crippen LogP contribution in [-0.2, 0) is 0 Å². The van der Waals surface area contributed by atoms with E-state index in [0.29, 0.717) is 0 Å².